The highest BCUT2D eigenvalue weighted by atomic mass is 27.2. The fraction of sp³-hybridized carbons (Fsp3) is 1.00. The van der Waals surface area contributed by atoms with E-state index in [0.717, 1.165) is 11.6 Å². The van der Waals surface area contributed by atoms with E-state index >= 15 is 0 Å². The van der Waals surface area contributed by atoms with Crippen molar-refractivity contribution in [2.45, 2.75) is 24.2 Å². The van der Waals surface area contributed by atoms with Crippen molar-refractivity contribution in [3.63, 3.8) is 0 Å². The van der Waals surface area contributed by atoms with Gasteiger partial charge in [-0.25, -0.2) is 3.88 Å². The number of alkyl halides is 6. The first kappa shape index (κ1) is 12.1. The third kappa shape index (κ3) is 3.21. The molecule has 72 valence electrons. The quantitative estimate of drug-likeness (QED) is 0.364. The Labute approximate surface area is 69.6 Å². The first-order valence-corrected chi connectivity index (χ1v) is 5.82. The van der Waals surface area contributed by atoms with Gasteiger partial charge in [-0.05, 0) is 0 Å². The summed E-state index contributed by atoms with van der Waals surface area (Å²) in [5, 5.41) is 0. The maximum atomic E-state index is 11.7. The number of hydrogen-bond acceptors (Lipinski definition) is 1. The van der Waals surface area contributed by atoms with Crippen LogP contribution >= 0.6 is 0 Å². The summed E-state index contributed by atoms with van der Waals surface area (Å²) in [6.07, 6.45) is -10.6. The molecule has 0 atom stereocenters. The standard InChI is InChI=1S/C2F6N.2CH3.Al/c3-1(4,5)9-2(6,7)8;;;/h;2*1H3;/q-1;;;+1. The normalized spacial score (nSPS) is 13.8. The van der Waals surface area contributed by atoms with E-state index in [4.69, 9.17) is 0 Å². The van der Waals surface area contributed by atoms with Crippen LogP contribution in [0.25, 0.3) is 0 Å². The van der Waals surface area contributed by atoms with Gasteiger partial charge in [0.1, 0.15) is 0 Å². The Bertz CT molecular complexity index is 135. The van der Waals surface area contributed by atoms with Crippen LogP contribution in [0.5, 0.6) is 0 Å². The van der Waals surface area contributed by atoms with Crippen molar-refractivity contribution in [2.24, 2.45) is 0 Å². The Morgan fingerprint density at radius 1 is 0.833 bits per heavy atom. The van der Waals surface area contributed by atoms with E-state index in [1.807, 2.05) is 0 Å². The molecule has 0 spiro atoms. The highest BCUT2D eigenvalue weighted by molar-refractivity contribution is 6.52. The molecule has 0 aliphatic carbocycles. The van der Waals surface area contributed by atoms with Gasteiger partial charge in [-0.3, -0.25) is 0 Å². The molecule has 0 radical (unpaired) electrons. The summed E-state index contributed by atoms with van der Waals surface area (Å²) in [5.74, 6) is 1.92. The minimum absolute atomic E-state index is 0.959. The molecule has 0 aromatic carbocycles. The van der Waals surface area contributed by atoms with Crippen LogP contribution in [-0.4, -0.2) is 30.9 Å². The average Bonchev–Trinajstić information content (AvgIpc) is 1.49. The minimum Gasteiger partial charge on any atom is -0.214 e. The van der Waals surface area contributed by atoms with Crippen LogP contribution in [0.1, 0.15) is 0 Å². The van der Waals surface area contributed by atoms with Crippen LogP contribution in [0.4, 0.5) is 26.3 Å². The Hall–Kier alpha value is 0.0725. The lowest BCUT2D eigenvalue weighted by atomic mass is 11.0. The third-order valence-electron chi connectivity index (χ3n) is 1.06. The van der Waals surface area contributed by atoms with Gasteiger partial charge >= 0.3 is 27.0 Å². The molecule has 0 aliphatic rings. The zero-order chi connectivity index (χ0) is 10.2. The van der Waals surface area contributed by atoms with Gasteiger partial charge in [0.2, 0.25) is 0 Å². The maximum Gasteiger partial charge on any atom is 0.446 e. The summed E-state index contributed by atoms with van der Waals surface area (Å²) >= 11 is -2.95. The fourth-order valence-electron chi connectivity index (χ4n) is 0.729. The molecule has 0 saturated carbocycles. The van der Waals surface area contributed by atoms with E-state index in [1.54, 1.807) is 0 Å². The number of halogens is 6. The predicted octanol–water partition coefficient (Wildman–Crippen LogP) is 2.58. The zero-order valence-corrected chi connectivity index (χ0v) is 7.45. The van der Waals surface area contributed by atoms with E-state index in [1.165, 1.54) is 0 Å². The van der Waals surface area contributed by atoms with Gasteiger partial charge in [0.25, 0.3) is 0 Å². The average molecular weight is 209 g/mol. The van der Waals surface area contributed by atoms with E-state index < -0.39 is 30.9 Å². The highest BCUT2D eigenvalue weighted by Crippen LogP contribution is 2.34. The Morgan fingerprint density at radius 2 is 1.08 bits per heavy atom. The SMILES string of the molecule is [CH3][Al]([CH3])[N](C(F)(F)F)C(F)(F)F. The molecular formula is C4H6AlF6N. The first-order valence-electron chi connectivity index (χ1n) is 2.99. The first-order chi connectivity index (χ1) is 5.07. The number of hydrogen-bond donors (Lipinski definition) is 0. The molecule has 0 aliphatic heterocycles. The van der Waals surface area contributed by atoms with Crippen molar-refractivity contribution in [3.8, 4) is 0 Å². The minimum atomic E-state index is -5.31. The monoisotopic (exact) mass is 209 g/mol. The molecule has 0 unspecified atom stereocenters. The Kier molecular flexibility index (Phi) is 3.46. The van der Waals surface area contributed by atoms with Gasteiger partial charge in [-0.2, -0.15) is 26.3 Å². The lowest BCUT2D eigenvalue weighted by molar-refractivity contribution is -0.338. The van der Waals surface area contributed by atoms with E-state index in [-0.39, 0.29) is 0 Å². The lowest BCUT2D eigenvalue weighted by Crippen LogP contribution is -2.54. The molecule has 0 rings (SSSR count). The number of rotatable bonds is 1. The van der Waals surface area contributed by atoms with Crippen molar-refractivity contribution in [1.82, 2.24) is 3.88 Å². The topological polar surface area (TPSA) is 3.24 Å². The van der Waals surface area contributed by atoms with Crippen LogP contribution in [0.15, 0.2) is 0 Å². The fourth-order valence-corrected chi connectivity index (χ4v) is 1.90. The van der Waals surface area contributed by atoms with Crippen LogP contribution in [0.3, 0.4) is 0 Å². The van der Waals surface area contributed by atoms with E-state index in [2.05, 4.69) is 0 Å². The predicted molar refractivity (Wildman–Crippen MR) is 31.4 cm³/mol. The molecule has 12 heavy (non-hydrogen) atoms. The van der Waals surface area contributed by atoms with Crippen molar-refractivity contribution in [3.05, 3.63) is 0 Å². The van der Waals surface area contributed by atoms with Crippen molar-refractivity contribution in [2.75, 3.05) is 0 Å². The van der Waals surface area contributed by atoms with E-state index in [0.29, 0.717) is 0 Å². The molecule has 0 heterocycles. The largest absolute Gasteiger partial charge is 0.446 e. The Balaban J connectivity index is 4.70. The molecule has 1 nitrogen and oxygen atoms in total. The summed E-state index contributed by atoms with van der Waals surface area (Å²) in [6.45, 7) is 0. The molecule has 8 heteroatoms. The van der Waals surface area contributed by atoms with Gasteiger partial charge < -0.3 is 0 Å². The van der Waals surface area contributed by atoms with Crippen molar-refractivity contribution in [1.29, 1.82) is 0 Å². The van der Waals surface area contributed by atoms with Gasteiger partial charge in [0.05, 0.1) is 0 Å². The Morgan fingerprint density at radius 3 is 1.08 bits per heavy atom. The van der Waals surface area contributed by atoms with Gasteiger partial charge in [-0.15, -0.1) is 0 Å². The smallest absolute Gasteiger partial charge is 0.214 e. The summed E-state index contributed by atoms with van der Waals surface area (Å²) in [5.41, 5.74) is 0. The summed E-state index contributed by atoms with van der Waals surface area (Å²) in [4.78, 5) is 0. The molecule has 0 saturated heterocycles. The molecule has 0 aromatic heterocycles. The molecular weight excluding hydrogens is 203 g/mol. The summed E-state index contributed by atoms with van der Waals surface area (Å²) in [7, 11) is 0. The second-order valence-electron chi connectivity index (χ2n) is 2.40. The zero-order valence-electron chi connectivity index (χ0n) is 6.29. The molecule has 0 aromatic rings. The molecule has 0 fully saturated rings. The van der Waals surface area contributed by atoms with Crippen LogP contribution < -0.4 is 0 Å². The van der Waals surface area contributed by atoms with Crippen LogP contribution in [0.2, 0.25) is 11.6 Å². The lowest BCUT2D eigenvalue weighted by Gasteiger charge is -2.29. The second kappa shape index (κ2) is 3.44. The third-order valence-corrected chi connectivity index (χ3v) is 2.68. The van der Waals surface area contributed by atoms with Crippen LogP contribution in [-0.2, 0) is 0 Å². The second-order valence-corrected chi connectivity index (χ2v) is 5.10. The number of nitrogens with zero attached hydrogens (tertiary/aromatic N) is 1. The summed E-state index contributed by atoms with van der Waals surface area (Å²) in [6, 6.07) is 0. The van der Waals surface area contributed by atoms with Crippen molar-refractivity contribution < 1.29 is 26.3 Å². The van der Waals surface area contributed by atoms with Crippen molar-refractivity contribution >= 4 is 14.4 Å². The van der Waals surface area contributed by atoms with Gasteiger partial charge in [-0.1, -0.05) is 11.6 Å². The van der Waals surface area contributed by atoms with Crippen LogP contribution in [0, 0.1) is 0 Å². The molecule has 0 amide bonds. The molecule has 0 N–H and O–H groups in total. The van der Waals surface area contributed by atoms with Gasteiger partial charge in [0.15, 0.2) is 0 Å². The molecule has 0 bridgehead atoms. The van der Waals surface area contributed by atoms with E-state index in [9.17, 15) is 26.3 Å². The van der Waals surface area contributed by atoms with Gasteiger partial charge in [0, 0.05) is 0 Å². The maximum absolute atomic E-state index is 11.7. The highest BCUT2D eigenvalue weighted by Gasteiger charge is 2.55. The summed E-state index contributed by atoms with van der Waals surface area (Å²) < 4.78 is 68.9.